The molecule has 5 unspecified atom stereocenters. The number of hydrogen-bond acceptors (Lipinski definition) is 14. The molecule has 10 aromatic rings. The maximum Gasteiger partial charge on any atom is 0.176 e. The second-order valence-corrected chi connectivity index (χ2v) is 23.0. The molecule has 10 aromatic carbocycles. The highest BCUT2D eigenvalue weighted by atomic mass is 19.1. The molecule has 4 aliphatic rings. The van der Waals surface area contributed by atoms with Crippen molar-refractivity contribution in [3.8, 4) is 0 Å². The van der Waals surface area contributed by atoms with Gasteiger partial charge in [0.1, 0.15) is 46.8 Å². The highest BCUT2D eigenvalue weighted by Gasteiger charge is 2.33. The zero-order chi connectivity index (χ0) is 70.0. The Kier molecular flexibility index (Phi) is 25.9. The summed E-state index contributed by atoms with van der Waals surface area (Å²) in [7, 11) is 0. The van der Waals surface area contributed by atoms with Gasteiger partial charge in [0.05, 0.1) is 78.3 Å². The maximum absolute atomic E-state index is 13.4. The van der Waals surface area contributed by atoms with Crippen LogP contribution in [0.1, 0.15) is 65.3 Å². The molecule has 4 heterocycles. The lowest BCUT2D eigenvalue weighted by Gasteiger charge is -2.17. The van der Waals surface area contributed by atoms with E-state index in [4.69, 9.17) is 5.84 Å². The number of nitrogens with two attached hydrogens (primary N) is 1. The van der Waals surface area contributed by atoms with Crippen LogP contribution in [0.4, 0.5) is 50.4 Å². The van der Waals surface area contributed by atoms with E-state index in [1.807, 2.05) is 163 Å². The van der Waals surface area contributed by atoms with Gasteiger partial charge in [-0.3, -0.25) is 40.3 Å². The summed E-state index contributed by atoms with van der Waals surface area (Å²) in [6, 6.07) is 80.4. The molecular formula is C80H73F5N10O4. The summed E-state index contributed by atoms with van der Waals surface area (Å²) in [4.78, 5) is 33.3. The lowest BCUT2D eigenvalue weighted by Crippen LogP contribution is -2.23. The van der Waals surface area contributed by atoms with Gasteiger partial charge in [0.2, 0.25) is 0 Å². The molecule has 0 aliphatic carbocycles. The normalized spacial score (nSPS) is 16.6. The lowest BCUT2D eigenvalue weighted by atomic mass is 9.92. The standard InChI is InChI=1S/C17H17FN2O.C17H15FN2O.C16H13FN2O.C15H13FN2.C9H8O.C6H7FN2/c2*1-12(21)17-16(13-6-3-2-4-7-13)11-20(19-17)15-9-5-8-14(18)10-15;17-13-7-4-8-14(9-13)19-10-15(16(11-20)18-19)12-5-2-1-3-6-12;16-14-7-4-8-15(9-14)18-11-13(10-17-18)12-5-2-1-3-6-12;1-8(7-10)9-5-3-2-4-6-9;7-5-2-1-3-6(4-5)9-8/h2-10,12,16,21H,11H2,1H3;2-10,16H,11H2,1H3;1-9,11,15H,10H2;1-10,13H,11H2;2-7H,1H2;1-4,9H,8H2. The monoisotopic (exact) mass is 1330 g/mol. The van der Waals surface area contributed by atoms with Gasteiger partial charge in [0.25, 0.3) is 0 Å². The minimum absolute atomic E-state index is 0.0227. The van der Waals surface area contributed by atoms with E-state index in [1.54, 1.807) is 70.5 Å². The number of hydrazone groups is 4. The summed E-state index contributed by atoms with van der Waals surface area (Å²) in [5, 5.41) is 34.4. The molecule has 4 N–H and O–H groups in total. The van der Waals surface area contributed by atoms with Crippen LogP contribution in [-0.2, 0) is 14.4 Å². The molecule has 0 bridgehead atoms. The molecule has 99 heavy (non-hydrogen) atoms. The van der Waals surface area contributed by atoms with Crippen LogP contribution in [0.3, 0.4) is 0 Å². The molecule has 4 aliphatic heterocycles. The van der Waals surface area contributed by atoms with E-state index < -0.39 is 6.10 Å². The van der Waals surface area contributed by atoms with E-state index in [0.717, 1.165) is 47.1 Å². The first-order chi connectivity index (χ1) is 48.1. The second-order valence-electron chi connectivity index (χ2n) is 23.0. The molecule has 5 atom stereocenters. The fourth-order valence-electron chi connectivity index (χ4n) is 11.0. The second kappa shape index (κ2) is 35.8. The number of anilines is 5. The number of aliphatic hydroxyl groups is 1. The quantitative estimate of drug-likeness (QED) is 0.0313. The molecule has 0 saturated heterocycles. The molecule has 0 saturated carbocycles. The van der Waals surface area contributed by atoms with Gasteiger partial charge in [-0.05, 0) is 126 Å². The smallest absolute Gasteiger partial charge is 0.176 e. The van der Waals surface area contributed by atoms with Crippen molar-refractivity contribution in [1.82, 2.24) is 0 Å². The van der Waals surface area contributed by atoms with Crippen molar-refractivity contribution in [2.75, 3.05) is 51.6 Å². The Hall–Kier alpha value is -11.8. The Morgan fingerprint density at radius 3 is 1.28 bits per heavy atom. The van der Waals surface area contributed by atoms with Crippen LogP contribution >= 0.6 is 0 Å². The summed E-state index contributed by atoms with van der Waals surface area (Å²) in [6.45, 7) is 9.25. The number of carbonyl (C=O) groups excluding carboxylic acids is 3. The molecule has 14 nitrogen and oxygen atoms in total. The molecule has 0 aromatic heterocycles. The highest BCUT2D eigenvalue weighted by molar-refractivity contribution is 6.42. The Morgan fingerprint density at radius 1 is 0.485 bits per heavy atom. The number of Topliss-reactive ketones (excluding diaryl/α,β-unsaturated/α-hetero) is 1. The molecule has 0 radical (unpaired) electrons. The van der Waals surface area contributed by atoms with Gasteiger partial charge >= 0.3 is 0 Å². The summed E-state index contributed by atoms with van der Waals surface area (Å²) >= 11 is 0. The SMILES string of the molecule is C=C(C=O)c1ccccc1.CC(=O)C1=NN(c2cccc(F)c2)CC1c1ccccc1.CC(O)C1=NN(c2cccc(F)c2)CC1c1ccccc1.Fc1cccc(N2CC(c3ccccc3)C=N2)c1.NNc1cccc(F)c1.O=CC1=NN(c2cccc(F)c2)CC1c1ccccc1. The largest absolute Gasteiger partial charge is 0.387 e. The van der Waals surface area contributed by atoms with Crippen LogP contribution in [0.25, 0.3) is 5.57 Å². The van der Waals surface area contributed by atoms with E-state index in [2.05, 4.69) is 44.5 Å². The van der Waals surface area contributed by atoms with Crippen LogP contribution in [0.2, 0.25) is 0 Å². The molecule has 0 amide bonds. The van der Waals surface area contributed by atoms with E-state index in [1.165, 1.54) is 73.2 Å². The van der Waals surface area contributed by atoms with Gasteiger partial charge in [-0.1, -0.05) is 189 Å². The van der Waals surface area contributed by atoms with Crippen molar-refractivity contribution in [3.05, 3.63) is 336 Å². The number of nitrogens with zero attached hydrogens (tertiary/aromatic N) is 8. The third kappa shape index (κ3) is 20.4. The van der Waals surface area contributed by atoms with Crippen molar-refractivity contribution in [2.24, 2.45) is 26.2 Å². The number of benzene rings is 10. The first kappa shape index (κ1) is 71.5. The molecule has 0 spiro atoms. The summed E-state index contributed by atoms with van der Waals surface area (Å²) in [5.41, 5.74) is 13.3. The van der Waals surface area contributed by atoms with Crippen molar-refractivity contribution >= 4 is 75.7 Å². The van der Waals surface area contributed by atoms with Crippen LogP contribution < -0.4 is 31.3 Å². The van der Waals surface area contributed by atoms with E-state index in [0.29, 0.717) is 65.1 Å². The van der Waals surface area contributed by atoms with Crippen molar-refractivity contribution in [2.45, 2.75) is 43.6 Å². The fraction of sp³-hybridized carbons (Fsp3) is 0.138. The minimum atomic E-state index is -0.631. The summed E-state index contributed by atoms with van der Waals surface area (Å²) < 4.78 is 65.4. The Balaban J connectivity index is 0.000000142. The topological polar surface area (TPSA) is 172 Å². The number of nitrogens with one attached hydrogen (secondary N) is 1. The zero-order valence-corrected chi connectivity index (χ0v) is 54.4. The van der Waals surface area contributed by atoms with E-state index in [-0.39, 0.29) is 58.5 Å². The number of halogens is 5. The third-order valence-electron chi connectivity index (χ3n) is 16.0. The predicted octanol–water partition coefficient (Wildman–Crippen LogP) is 16.0. The molecular weight excluding hydrogens is 1260 g/mol. The Morgan fingerprint density at radius 2 is 0.869 bits per heavy atom. The fourth-order valence-corrected chi connectivity index (χ4v) is 11.0. The predicted molar refractivity (Wildman–Crippen MR) is 387 cm³/mol. The van der Waals surface area contributed by atoms with Gasteiger partial charge in [-0.25, -0.2) is 22.0 Å². The van der Waals surface area contributed by atoms with Crippen LogP contribution in [0, 0.1) is 29.1 Å². The number of rotatable bonds is 14. The van der Waals surface area contributed by atoms with Crippen LogP contribution in [0.15, 0.2) is 300 Å². The van der Waals surface area contributed by atoms with Gasteiger partial charge in [-0.15, -0.1) is 0 Å². The summed E-state index contributed by atoms with van der Waals surface area (Å²) in [5.74, 6) is 3.67. The first-order valence-electron chi connectivity index (χ1n) is 31.7. The molecule has 19 heteroatoms. The van der Waals surface area contributed by atoms with Gasteiger partial charge < -0.3 is 10.5 Å². The minimum Gasteiger partial charge on any atom is -0.387 e. The zero-order valence-electron chi connectivity index (χ0n) is 54.4. The number of hydrogen-bond donors (Lipinski definition) is 3. The van der Waals surface area contributed by atoms with Crippen LogP contribution in [0.5, 0.6) is 0 Å². The lowest BCUT2D eigenvalue weighted by molar-refractivity contribution is -0.111. The third-order valence-corrected chi connectivity index (χ3v) is 16.0. The van der Waals surface area contributed by atoms with Crippen molar-refractivity contribution in [3.63, 3.8) is 0 Å². The number of nitrogen functional groups attached to an aromatic ring is 1. The van der Waals surface area contributed by atoms with Gasteiger partial charge in [0.15, 0.2) is 12.1 Å². The number of aliphatic hydroxyl groups excluding tert-OH is 1. The molecule has 0 fully saturated rings. The molecule has 502 valence electrons. The van der Waals surface area contributed by atoms with Crippen molar-refractivity contribution in [1.29, 1.82) is 0 Å². The molecule has 14 rings (SSSR count). The Bertz CT molecular complexity index is 4420. The number of carbonyl (C=O) groups is 3. The Labute approximate surface area is 572 Å². The van der Waals surface area contributed by atoms with Gasteiger partial charge in [-0.2, -0.15) is 20.4 Å². The number of hydrazine groups is 1. The number of allylic oxidation sites excluding steroid dienone is 1. The highest BCUT2D eigenvalue weighted by Crippen LogP contribution is 2.34. The van der Waals surface area contributed by atoms with Crippen molar-refractivity contribution < 1.29 is 41.4 Å². The first-order valence-corrected chi connectivity index (χ1v) is 31.7. The van der Waals surface area contributed by atoms with E-state index in [9.17, 15) is 41.4 Å². The van der Waals surface area contributed by atoms with E-state index >= 15 is 0 Å². The number of ketones is 1. The average Bonchev–Trinajstić information content (AvgIpc) is 1.70. The van der Waals surface area contributed by atoms with Crippen LogP contribution in [-0.4, -0.2) is 79.1 Å². The summed E-state index contributed by atoms with van der Waals surface area (Å²) in [6.07, 6.45) is 2.82. The maximum atomic E-state index is 13.4. The average molecular weight is 1330 g/mol. The number of aldehydes is 2. The van der Waals surface area contributed by atoms with Gasteiger partial charge in [0, 0.05) is 30.5 Å².